The Hall–Kier alpha value is -2.80. The average molecular weight is 362 g/mol. The summed E-state index contributed by atoms with van der Waals surface area (Å²) in [5, 5.41) is 11.0. The van der Waals surface area contributed by atoms with E-state index < -0.39 is 23.5 Å². The van der Waals surface area contributed by atoms with Crippen molar-refractivity contribution in [1.29, 1.82) is 0 Å². The summed E-state index contributed by atoms with van der Waals surface area (Å²) < 4.78 is 27.6. The molecule has 0 aliphatic rings. The minimum atomic E-state index is -2.08. The van der Waals surface area contributed by atoms with E-state index >= 15 is 0 Å². The molecule has 7 heteroatoms. The van der Waals surface area contributed by atoms with Crippen molar-refractivity contribution in [2.45, 2.75) is 32.5 Å². The smallest absolute Gasteiger partial charge is 0.269 e. The van der Waals surface area contributed by atoms with Crippen LogP contribution in [-0.4, -0.2) is 28.7 Å². The predicted octanol–water partition coefficient (Wildman–Crippen LogP) is 3.15. The number of alkyl halides is 1. The highest BCUT2D eigenvalue weighted by Crippen LogP contribution is 2.23. The zero-order valence-electron chi connectivity index (χ0n) is 14.6. The van der Waals surface area contributed by atoms with E-state index in [1.54, 1.807) is 19.1 Å². The summed E-state index contributed by atoms with van der Waals surface area (Å²) in [5.74, 6) is -2.09. The summed E-state index contributed by atoms with van der Waals surface area (Å²) in [6.07, 6.45) is 0. The maximum atomic E-state index is 14.1. The number of halogens is 2. The first kappa shape index (κ1) is 19.5. The van der Waals surface area contributed by atoms with Crippen LogP contribution >= 0.6 is 0 Å². The third kappa shape index (κ3) is 4.64. The van der Waals surface area contributed by atoms with Gasteiger partial charge in [0.05, 0.1) is 0 Å². The van der Waals surface area contributed by atoms with Gasteiger partial charge in [-0.2, -0.15) is 0 Å². The SMILES string of the molecule is Cc1cc(F)cc(-c2ccc(C(=O)NC(C(=O)NO)C(C)(C)F)cc2)c1. The van der Waals surface area contributed by atoms with Crippen LogP contribution in [0.25, 0.3) is 11.1 Å². The fourth-order valence-electron chi connectivity index (χ4n) is 2.54. The third-order valence-electron chi connectivity index (χ3n) is 3.86. The van der Waals surface area contributed by atoms with Crippen LogP contribution in [0.15, 0.2) is 42.5 Å². The highest BCUT2D eigenvalue weighted by molar-refractivity contribution is 5.98. The van der Waals surface area contributed by atoms with Crippen LogP contribution < -0.4 is 10.8 Å². The van der Waals surface area contributed by atoms with Crippen LogP contribution in [0.5, 0.6) is 0 Å². The van der Waals surface area contributed by atoms with Gasteiger partial charge < -0.3 is 5.32 Å². The maximum absolute atomic E-state index is 14.1. The molecule has 26 heavy (non-hydrogen) atoms. The molecule has 0 saturated heterocycles. The lowest BCUT2D eigenvalue weighted by molar-refractivity contribution is -0.134. The van der Waals surface area contributed by atoms with Crippen molar-refractivity contribution >= 4 is 11.8 Å². The van der Waals surface area contributed by atoms with Gasteiger partial charge in [0.2, 0.25) is 0 Å². The molecule has 1 unspecified atom stereocenters. The molecule has 3 N–H and O–H groups in total. The highest BCUT2D eigenvalue weighted by Gasteiger charge is 2.36. The standard InChI is InChI=1S/C19H20F2N2O3/c1-11-8-14(10-15(20)9-11)12-4-6-13(7-5-12)17(24)22-16(18(25)23-26)19(2,3)21/h4-10,16,26H,1-3H3,(H,22,24)(H,23,25). The molecule has 2 aromatic rings. The molecule has 2 amide bonds. The molecule has 2 rings (SSSR count). The Labute approximate surface area is 150 Å². The van der Waals surface area contributed by atoms with E-state index in [-0.39, 0.29) is 11.4 Å². The maximum Gasteiger partial charge on any atom is 0.269 e. The average Bonchev–Trinajstić information content (AvgIpc) is 2.57. The summed E-state index contributed by atoms with van der Waals surface area (Å²) in [6.45, 7) is 4.00. The van der Waals surface area contributed by atoms with Crippen LogP contribution in [0.4, 0.5) is 8.78 Å². The van der Waals surface area contributed by atoms with Gasteiger partial charge in [-0.1, -0.05) is 18.2 Å². The Bertz CT molecular complexity index is 794. The number of hydrogen-bond donors (Lipinski definition) is 3. The van der Waals surface area contributed by atoms with Crippen LogP contribution in [-0.2, 0) is 4.79 Å². The van der Waals surface area contributed by atoms with Gasteiger partial charge in [-0.05, 0) is 61.7 Å². The Balaban J connectivity index is 2.21. The molecule has 0 fully saturated rings. The van der Waals surface area contributed by atoms with Gasteiger partial charge in [0.1, 0.15) is 17.5 Å². The Morgan fingerprint density at radius 3 is 2.19 bits per heavy atom. The number of amides is 2. The zero-order valence-corrected chi connectivity index (χ0v) is 14.6. The van der Waals surface area contributed by atoms with Gasteiger partial charge in [0, 0.05) is 5.56 Å². The number of aryl methyl sites for hydroxylation is 1. The molecule has 0 aliphatic heterocycles. The number of carbonyl (C=O) groups excluding carboxylic acids is 2. The molecule has 2 aromatic carbocycles. The second-order valence-corrected chi connectivity index (χ2v) is 6.54. The Kier molecular flexibility index (Phi) is 5.72. The molecule has 5 nitrogen and oxygen atoms in total. The molecule has 0 aromatic heterocycles. The van der Waals surface area contributed by atoms with Crippen LogP contribution in [0, 0.1) is 12.7 Å². The lowest BCUT2D eigenvalue weighted by atomic mass is 9.99. The van der Waals surface area contributed by atoms with E-state index in [9.17, 15) is 18.4 Å². The van der Waals surface area contributed by atoms with Crippen molar-refractivity contribution in [2.24, 2.45) is 0 Å². The summed E-state index contributed by atoms with van der Waals surface area (Å²) in [5.41, 5.74) is 1.59. The second-order valence-electron chi connectivity index (χ2n) is 6.54. The van der Waals surface area contributed by atoms with Crippen molar-refractivity contribution in [3.05, 3.63) is 59.4 Å². The van der Waals surface area contributed by atoms with Crippen LogP contribution in [0.1, 0.15) is 29.8 Å². The molecule has 0 radical (unpaired) electrons. The van der Waals surface area contributed by atoms with Crippen molar-refractivity contribution in [1.82, 2.24) is 10.8 Å². The molecular formula is C19H20F2N2O3. The fourth-order valence-corrected chi connectivity index (χ4v) is 2.54. The van der Waals surface area contributed by atoms with Crippen LogP contribution in [0.2, 0.25) is 0 Å². The van der Waals surface area contributed by atoms with Gasteiger partial charge in [0.15, 0.2) is 0 Å². The lowest BCUT2D eigenvalue weighted by Gasteiger charge is -2.25. The summed E-state index contributed by atoms with van der Waals surface area (Å²) in [6, 6.07) is 9.28. The molecule has 1 atom stereocenters. The Morgan fingerprint density at radius 2 is 1.69 bits per heavy atom. The molecule has 0 spiro atoms. The lowest BCUT2D eigenvalue weighted by Crippen LogP contribution is -2.55. The number of benzene rings is 2. The highest BCUT2D eigenvalue weighted by atomic mass is 19.1. The first-order valence-electron chi connectivity index (χ1n) is 7.93. The van der Waals surface area contributed by atoms with Gasteiger partial charge in [-0.25, -0.2) is 14.3 Å². The number of hydroxylamine groups is 1. The third-order valence-corrected chi connectivity index (χ3v) is 3.86. The normalized spacial score (nSPS) is 12.4. The number of nitrogens with one attached hydrogen (secondary N) is 2. The van der Waals surface area contributed by atoms with Crippen molar-refractivity contribution in [2.75, 3.05) is 0 Å². The molecule has 0 aliphatic carbocycles. The van der Waals surface area contributed by atoms with Gasteiger partial charge in [-0.3, -0.25) is 14.8 Å². The van der Waals surface area contributed by atoms with Gasteiger partial charge >= 0.3 is 0 Å². The molecule has 0 bridgehead atoms. The van der Waals surface area contributed by atoms with Crippen LogP contribution in [0.3, 0.4) is 0 Å². The molecule has 138 valence electrons. The minimum absolute atomic E-state index is 0.196. The molecule has 0 heterocycles. The van der Waals surface area contributed by atoms with Crippen molar-refractivity contribution < 1.29 is 23.6 Å². The van der Waals surface area contributed by atoms with Gasteiger partial charge in [0.25, 0.3) is 11.8 Å². The topological polar surface area (TPSA) is 78.4 Å². The fraction of sp³-hybridized carbons (Fsp3) is 0.263. The van der Waals surface area contributed by atoms with E-state index in [0.29, 0.717) is 11.1 Å². The van der Waals surface area contributed by atoms with E-state index in [4.69, 9.17) is 5.21 Å². The number of rotatable bonds is 5. The first-order chi connectivity index (χ1) is 12.1. The summed E-state index contributed by atoms with van der Waals surface area (Å²) in [7, 11) is 0. The Morgan fingerprint density at radius 1 is 1.08 bits per heavy atom. The monoisotopic (exact) mass is 362 g/mol. The largest absolute Gasteiger partial charge is 0.337 e. The van der Waals surface area contributed by atoms with Gasteiger partial charge in [-0.15, -0.1) is 0 Å². The number of carbonyl (C=O) groups is 2. The van der Waals surface area contributed by atoms with E-state index in [0.717, 1.165) is 19.4 Å². The summed E-state index contributed by atoms with van der Waals surface area (Å²) >= 11 is 0. The predicted molar refractivity (Wildman–Crippen MR) is 92.9 cm³/mol. The van der Waals surface area contributed by atoms with E-state index in [1.807, 2.05) is 6.07 Å². The van der Waals surface area contributed by atoms with Crippen molar-refractivity contribution in [3.8, 4) is 11.1 Å². The first-order valence-corrected chi connectivity index (χ1v) is 7.93. The minimum Gasteiger partial charge on any atom is -0.337 e. The zero-order chi connectivity index (χ0) is 19.5. The summed E-state index contributed by atoms with van der Waals surface area (Å²) in [4.78, 5) is 23.9. The van der Waals surface area contributed by atoms with E-state index in [2.05, 4.69) is 5.32 Å². The molecule has 0 saturated carbocycles. The second kappa shape index (κ2) is 7.61. The number of hydrogen-bond acceptors (Lipinski definition) is 3. The van der Waals surface area contributed by atoms with Crippen molar-refractivity contribution in [3.63, 3.8) is 0 Å². The molecular weight excluding hydrogens is 342 g/mol. The van der Waals surface area contributed by atoms with E-state index in [1.165, 1.54) is 29.7 Å². The quantitative estimate of drug-likeness (QED) is 0.565.